The van der Waals surface area contributed by atoms with Gasteiger partial charge in [-0.2, -0.15) is 0 Å². The molecular formula is C13H10BrFN4S. The molecule has 0 fully saturated rings. The van der Waals surface area contributed by atoms with Gasteiger partial charge in [0, 0.05) is 31.4 Å². The van der Waals surface area contributed by atoms with Gasteiger partial charge in [0.1, 0.15) is 5.82 Å². The first kappa shape index (κ1) is 13.4. The second-order valence-electron chi connectivity index (χ2n) is 4.12. The van der Waals surface area contributed by atoms with Gasteiger partial charge in [0.25, 0.3) is 0 Å². The molecule has 3 aromatic rings. The van der Waals surface area contributed by atoms with E-state index in [1.54, 1.807) is 29.8 Å². The van der Waals surface area contributed by atoms with Crippen molar-refractivity contribution in [2.45, 2.75) is 6.42 Å². The van der Waals surface area contributed by atoms with Crippen LogP contribution in [-0.4, -0.2) is 21.5 Å². The lowest BCUT2D eigenvalue weighted by atomic mass is 10.3. The number of nitrogens with one attached hydrogen (secondary N) is 1. The zero-order valence-electron chi connectivity index (χ0n) is 10.3. The third kappa shape index (κ3) is 3.10. The summed E-state index contributed by atoms with van der Waals surface area (Å²) in [6.45, 7) is 0.684. The van der Waals surface area contributed by atoms with Crippen molar-refractivity contribution in [2.24, 2.45) is 0 Å². The van der Waals surface area contributed by atoms with E-state index in [1.165, 1.54) is 12.1 Å². The average Bonchev–Trinajstić information content (AvgIpc) is 2.83. The number of thiazole rings is 1. The van der Waals surface area contributed by atoms with Gasteiger partial charge in [0.05, 0.1) is 19.7 Å². The molecule has 20 heavy (non-hydrogen) atoms. The van der Waals surface area contributed by atoms with Gasteiger partial charge in [-0.3, -0.25) is 0 Å². The summed E-state index contributed by atoms with van der Waals surface area (Å²) < 4.78 is 14.9. The van der Waals surface area contributed by atoms with E-state index in [2.05, 4.69) is 36.2 Å². The van der Waals surface area contributed by atoms with Gasteiger partial charge in [0.15, 0.2) is 0 Å². The van der Waals surface area contributed by atoms with Crippen LogP contribution < -0.4 is 5.32 Å². The predicted molar refractivity (Wildman–Crippen MR) is 81.5 cm³/mol. The van der Waals surface area contributed by atoms with Crippen LogP contribution >= 0.6 is 27.3 Å². The molecule has 7 heteroatoms. The van der Waals surface area contributed by atoms with Crippen molar-refractivity contribution in [3.63, 3.8) is 0 Å². The van der Waals surface area contributed by atoms with E-state index in [0.29, 0.717) is 18.0 Å². The lowest BCUT2D eigenvalue weighted by Crippen LogP contribution is -2.07. The molecule has 2 heterocycles. The summed E-state index contributed by atoms with van der Waals surface area (Å²) in [7, 11) is 0. The minimum Gasteiger partial charge on any atom is -0.354 e. The van der Waals surface area contributed by atoms with Crippen LogP contribution in [0.5, 0.6) is 0 Å². The number of hydrogen-bond donors (Lipinski definition) is 1. The molecule has 0 saturated heterocycles. The van der Waals surface area contributed by atoms with Gasteiger partial charge in [-0.1, -0.05) is 0 Å². The number of aromatic nitrogens is 3. The number of fused-ring (bicyclic) bond motifs is 1. The molecule has 2 aromatic heterocycles. The summed E-state index contributed by atoms with van der Waals surface area (Å²) in [5.74, 6) is 0.330. The van der Waals surface area contributed by atoms with E-state index < -0.39 is 0 Å². The zero-order valence-corrected chi connectivity index (χ0v) is 12.7. The second-order valence-corrected chi connectivity index (χ2v) is 6.15. The Labute approximate surface area is 127 Å². The van der Waals surface area contributed by atoms with E-state index in [1.807, 2.05) is 0 Å². The van der Waals surface area contributed by atoms with Crippen molar-refractivity contribution in [2.75, 3.05) is 11.9 Å². The van der Waals surface area contributed by atoms with Crippen LogP contribution in [0, 0.1) is 5.82 Å². The molecule has 0 spiro atoms. The molecule has 1 aromatic carbocycles. The van der Waals surface area contributed by atoms with E-state index >= 15 is 0 Å². The third-order valence-corrected chi connectivity index (χ3v) is 4.14. The van der Waals surface area contributed by atoms with Crippen molar-refractivity contribution in [1.29, 1.82) is 0 Å². The molecule has 0 atom stereocenters. The molecule has 0 aliphatic carbocycles. The first-order valence-electron chi connectivity index (χ1n) is 5.97. The van der Waals surface area contributed by atoms with Crippen molar-refractivity contribution in [1.82, 2.24) is 15.0 Å². The lowest BCUT2D eigenvalue weighted by molar-refractivity contribution is 0.629. The van der Waals surface area contributed by atoms with E-state index in [4.69, 9.17) is 0 Å². The monoisotopic (exact) mass is 352 g/mol. The predicted octanol–water partition coefficient (Wildman–Crippen LogP) is 3.64. The van der Waals surface area contributed by atoms with Gasteiger partial charge in [-0.25, -0.2) is 19.3 Å². The minimum absolute atomic E-state index is 0.254. The lowest BCUT2D eigenvalue weighted by Gasteiger charge is -2.02. The summed E-state index contributed by atoms with van der Waals surface area (Å²) in [5, 5.41) is 4.09. The smallest absolute Gasteiger partial charge is 0.222 e. The van der Waals surface area contributed by atoms with Crippen LogP contribution in [0.3, 0.4) is 0 Å². The molecule has 0 unspecified atom stereocenters. The average molecular weight is 353 g/mol. The fraction of sp³-hybridized carbons (Fsp3) is 0.154. The highest BCUT2D eigenvalue weighted by atomic mass is 79.9. The standard InChI is InChI=1S/C13H10BrFN4S/c14-8-6-17-13(18-7-8)16-4-3-12-19-10-5-9(15)1-2-11(10)20-12/h1-2,5-7H,3-4H2,(H,16,17,18). The molecule has 0 saturated carbocycles. The molecule has 0 bridgehead atoms. The number of nitrogens with zero attached hydrogens (tertiary/aromatic N) is 3. The summed E-state index contributed by atoms with van der Waals surface area (Å²) in [5.41, 5.74) is 0.713. The van der Waals surface area contributed by atoms with Crippen molar-refractivity contribution in [3.05, 3.63) is 45.9 Å². The maximum atomic E-state index is 13.1. The largest absolute Gasteiger partial charge is 0.354 e. The Morgan fingerprint density at radius 1 is 1.25 bits per heavy atom. The Bertz CT molecular complexity index is 729. The first-order valence-corrected chi connectivity index (χ1v) is 7.58. The number of halogens is 2. The highest BCUT2D eigenvalue weighted by molar-refractivity contribution is 9.10. The van der Waals surface area contributed by atoms with Gasteiger partial charge >= 0.3 is 0 Å². The normalized spacial score (nSPS) is 10.9. The number of anilines is 1. The van der Waals surface area contributed by atoms with Gasteiger partial charge in [-0.05, 0) is 28.1 Å². The first-order chi connectivity index (χ1) is 9.70. The zero-order chi connectivity index (χ0) is 13.9. The minimum atomic E-state index is -0.254. The summed E-state index contributed by atoms with van der Waals surface area (Å²) in [6.07, 6.45) is 4.13. The van der Waals surface area contributed by atoms with Crippen LogP contribution in [-0.2, 0) is 6.42 Å². The fourth-order valence-electron chi connectivity index (χ4n) is 1.74. The Morgan fingerprint density at radius 2 is 2.05 bits per heavy atom. The van der Waals surface area contributed by atoms with Gasteiger partial charge in [-0.15, -0.1) is 11.3 Å². The van der Waals surface area contributed by atoms with Crippen molar-refractivity contribution >= 4 is 43.4 Å². The Balaban J connectivity index is 1.63. The molecule has 0 aliphatic heterocycles. The molecule has 0 amide bonds. The number of hydrogen-bond acceptors (Lipinski definition) is 5. The van der Waals surface area contributed by atoms with Crippen LogP contribution in [0.15, 0.2) is 35.1 Å². The molecule has 0 radical (unpaired) electrons. The quantitative estimate of drug-likeness (QED) is 0.778. The summed E-state index contributed by atoms with van der Waals surface area (Å²) in [4.78, 5) is 12.7. The third-order valence-electron chi connectivity index (χ3n) is 2.64. The SMILES string of the molecule is Fc1ccc2sc(CCNc3ncc(Br)cn3)nc2c1. The van der Waals surface area contributed by atoms with Gasteiger partial charge < -0.3 is 5.32 Å². The van der Waals surface area contributed by atoms with Crippen molar-refractivity contribution in [3.8, 4) is 0 Å². The maximum Gasteiger partial charge on any atom is 0.222 e. The topological polar surface area (TPSA) is 50.7 Å². The Morgan fingerprint density at radius 3 is 2.85 bits per heavy atom. The van der Waals surface area contributed by atoms with E-state index in [-0.39, 0.29) is 5.82 Å². The molecule has 1 N–H and O–H groups in total. The fourth-order valence-corrected chi connectivity index (χ4v) is 2.89. The summed E-state index contributed by atoms with van der Waals surface area (Å²) in [6, 6.07) is 4.68. The molecular weight excluding hydrogens is 343 g/mol. The van der Waals surface area contributed by atoms with Crippen LogP contribution in [0.1, 0.15) is 5.01 Å². The van der Waals surface area contributed by atoms with Gasteiger partial charge in [0.2, 0.25) is 5.95 Å². The van der Waals surface area contributed by atoms with Crippen LogP contribution in [0.25, 0.3) is 10.2 Å². The maximum absolute atomic E-state index is 13.1. The van der Waals surface area contributed by atoms with E-state index in [9.17, 15) is 4.39 Å². The Hall–Kier alpha value is -1.60. The van der Waals surface area contributed by atoms with E-state index in [0.717, 1.165) is 20.6 Å². The van der Waals surface area contributed by atoms with Crippen LogP contribution in [0.2, 0.25) is 0 Å². The Kier molecular flexibility index (Phi) is 3.88. The highest BCUT2D eigenvalue weighted by Crippen LogP contribution is 2.23. The molecule has 4 nitrogen and oxygen atoms in total. The van der Waals surface area contributed by atoms with Crippen molar-refractivity contribution < 1.29 is 4.39 Å². The number of rotatable bonds is 4. The van der Waals surface area contributed by atoms with Crippen LogP contribution in [0.4, 0.5) is 10.3 Å². The number of benzene rings is 1. The molecule has 3 rings (SSSR count). The summed E-state index contributed by atoms with van der Waals surface area (Å²) >= 11 is 4.86. The molecule has 0 aliphatic rings. The second kappa shape index (κ2) is 5.80. The highest BCUT2D eigenvalue weighted by Gasteiger charge is 2.05. The molecule has 102 valence electrons.